The lowest BCUT2D eigenvalue weighted by Gasteiger charge is -2.03. The lowest BCUT2D eigenvalue weighted by atomic mass is 10.3. The number of benzene rings is 1. The third kappa shape index (κ3) is 2.20. The van der Waals surface area contributed by atoms with Gasteiger partial charge in [-0.1, -0.05) is 11.3 Å². The third-order valence-corrected chi connectivity index (χ3v) is 3.11. The van der Waals surface area contributed by atoms with Gasteiger partial charge in [0.15, 0.2) is 5.58 Å². The summed E-state index contributed by atoms with van der Waals surface area (Å²) in [4.78, 5) is 18.4. The molecule has 0 unspecified atom stereocenters. The van der Waals surface area contributed by atoms with Crippen molar-refractivity contribution in [2.24, 2.45) is 0 Å². The number of ether oxygens (including phenoxy) is 1. The maximum absolute atomic E-state index is 11.1. The molecular formula is C11H5ClN2O3S. The minimum atomic E-state index is -0.341. The van der Waals surface area contributed by atoms with Crippen LogP contribution >= 0.6 is 22.9 Å². The van der Waals surface area contributed by atoms with Crippen LogP contribution in [0.25, 0.3) is 10.3 Å². The minimum Gasteiger partial charge on any atom is -0.439 e. The number of hydrogen-bond donors (Lipinski definition) is 0. The van der Waals surface area contributed by atoms with Gasteiger partial charge in [0.2, 0.25) is 11.2 Å². The second-order valence-electron chi connectivity index (χ2n) is 3.33. The highest BCUT2D eigenvalue weighted by atomic mass is 35.5. The largest absolute Gasteiger partial charge is 0.439 e. The zero-order valence-electron chi connectivity index (χ0n) is 8.79. The molecule has 3 aromatic rings. The Hall–Kier alpha value is -1.92. The number of fused-ring (bicyclic) bond motifs is 1. The van der Waals surface area contributed by atoms with Crippen LogP contribution in [0.15, 0.2) is 39.7 Å². The van der Waals surface area contributed by atoms with Crippen LogP contribution in [0.1, 0.15) is 0 Å². The average Bonchev–Trinajstić information content (AvgIpc) is 2.68. The van der Waals surface area contributed by atoms with Crippen LogP contribution in [0.5, 0.6) is 11.6 Å². The van der Waals surface area contributed by atoms with E-state index in [4.69, 9.17) is 20.8 Å². The number of aromatic nitrogens is 2. The Morgan fingerprint density at radius 3 is 3.06 bits per heavy atom. The van der Waals surface area contributed by atoms with Gasteiger partial charge in [-0.3, -0.25) is 0 Å². The molecule has 0 saturated carbocycles. The van der Waals surface area contributed by atoms with Crippen molar-refractivity contribution in [1.82, 2.24) is 9.97 Å². The van der Waals surface area contributed by atoms with E-state index in [9.17, 15) is 4.79 Å². The summed E-state index contributed by atoms with van der Waals surface area (Å²) in [6, 6.07) is 6.69. The number of hydrogen-bond acceptors (Lipinski definition) is 6. The summed E-state index contributed by atoms with van der Waals surface area (Å²) >= 11 is 6.69. The van der Waals surface area contributed by atoms with E-state index in [1.165, 1.54) is 6.20 Å². The predicted molar refractivity (Wildman–Crippen MR) is 67.5 cm³/mol. The van der Waals surface area contributed by atoms with Crippen LogP contribution in [-0.2, 0) is 0 Å². The van der Waals surface area contributed by atoms with Gasteiger partial charge in [-0.2, -0.15) is 4.98 Å². The fourth-order valence-electron chi connectivity index (χ4n) is 1.41. The molecule has 90 valence electrons. The summed E-state index contributed by atoms with van der Waals surface area (Å²) in [5.41, 5.74) is 0.489. The standard InChI is InChI=1S/C11H5ClN2O3S/c12-10-13-4-3-9(14-10)16-6-1-2-8-7(5-6)17-11(15)18-8/h1-5H. The molecule has 0 aliphatic rings. The molecule has 7 heteroatoms. The molecule has 0 amide bonds. The molecular weight excluding hydrogens is 276 g/mol. The Morgan fingerprint density at radius 2 is 2.22 bits per heavy atom. The minimum absolute atomic E-state index is 0.107. The molecule has 0 spiro atoms. The van der Waals surface area contributed by atoms with Gasteiger partial charge in [0.25, 0.3) is 0 Å². The highest BCUT2D eigenvalue weighted by Crippen LogP contribution is 2.26. The second kappa shape index (κ2) is 4.40. The molecule has 0 aliphatic heterocycles. The molecule has 1 aromatic carbocycles. The van der Waals surface area contributed by atoms with Crippen molar-refractivity contribution in [3.05, 3.63) is 45.5 Å². The van der Waals surface area contributed by atoms with Crippen molar-refractivity contribution in [3.63, 3.8) is 0 Å². The van der Waals surface area contributed by atoms with E-state index in [1.54, 1.807) is 24.3 Å². The van der Waals surface area contributed by atoms with Crippen molar-refractivity contribution in [2.75, 3.05) is 0 Å². The highest BCUT2D eigenvalue weighted by molar-refractivity contribution is 7.16. The summed E-state index contributed by atoms with van der Waals surface area (Å²) in [7, 11) is 0. The normalized spacial score (nSPS) is 10.7. The van der Waals surface area contributed by atoms with Crippen molar-refractivity contribution in [2.45, 2.75) is 0 Å². The molecule has 0 atom stereocenters. The topological polar surface area (TPSA) is 65.2 Å². The van der Waals surface area contributed by atoms with Gasteiger partial charge in [-0.15, -0.1) is 0 Å². The monoisotopic (exact) mass is 280 g/mol. The van der Waals surface area contributed by atoms with E-state index in [2.05, 4.69) is 9.97 Å². The first kappa shape index (κ1) is 11.2. The first-order valence-corrected chi connectivity index (χ1v) is 6.10. The lowest BCUT2D eigenvalue weighted by molar-refractivity contribution is 0.460. The van der Waals surface area contributed by atoms with E-state index in [-0.39, 0.29) is 10.2 Å². The fourth-order valence-corrected chi connectivity index (χ4v) is 2.20. The molecule has 2 aromatic heterocycles. The third-order valence-electron chi connectivity index (χ3n) is 2.12. The van der Waals surface area contributed by atoms with E-state index >= 15 is 0 Å². The quantitative estimate of drug-likeness (QED) is 0.675. The molecule has 5 nitrogen and oxygen atoms in total. The van der Waals surface area contributed by atoms with Gasteiger partial charge < -0.3 is 9.15 Å². The summed E-state index contributed by atoms with van der Waals surface area (Å²) in [5.74, 6) is 0.839. The maximum Gasteiger partial charge on any atom is 0.396 e. The molecule has 0 bridgehead atoms. The van der Waals surface area contributed by atoms with Gasteiger partial charge in [0, 0.05) is 18.3 Å². The summed E-state index contributed by atoms with van der Waals surface area (Å²) in [6.45, 7) is 0. The van der Waals surface area contributed by atoms with Crippen molar-refractivity contribution < 1.29 is 9.15 Å². The Morgan fingerprint density at radius 1 is 1.33 bits per heavy atom. The van der Waals surface area contributed by atoms with Gasteiger partial charge in [0.1, 0.15) is 5.75 Å². The van der Waals surface area contributed by atoms with E-state index < -0.39 is 0 Å². The molecule has 0 radical (unpaired) electrons. The summed E-state index contributed by atoms with van der Waals surface area (Å²) in [5, 5.41) is 0.107. The molecule has 0 fully saturated rings. The maximum atomic E-state index is 11.1. The van der Waals surface area contributed by atoms with Crippen molar-refractivity contribution in [1.29, 1.82) is 0 Å². The first-order chi connectivity index (χ1) is 8.70. The molecule has 0 saturated heterocycles. The smallest absolute Gasteiger partial charge is 0.396 e. The van der Waals surface area contributed by atoms with Crippen LogP contribution in [0.3, 0.4) is 0 Å². The van der Waals surface area contributed by atoms with Crippen molar-refractivity contribution in [3.8, 4) is 11.6 Å². The Labute approximate surface area is 110 Å². The van der Waals surface area contributed by atoms with E-state index in [0.29, 0.717) is 17.2 Å². The van der Waals surface area contributed by atoms with E-state index in [1.807, 2.05) is 0 Å². The van der Waals surface area contributed by atoms with Crippen LogP contribution in [0, 0.1) is 0 Å². The number of rotatable bonds is 2. The molecule has 2 heterocycles. The van der Waals surface area contributed by atoms with Crippen LogP contribution < -0.4 is 9.68 Å². The van der Waals surface area contributed by atoms with Crippen LogP contribution in [0.2, 0.25) is 5.28 Å². The fraction of sp³-hybridized carbons (Fsp3) is 0. The van der Waals surface area contributed by atoms with Gasteiger partial charge in [-0.05, 0) is 23.7 Å². The van der Waals surface area contributed by atoms with Crippen LogP contribution in [0.4, 0.5) is 0 Å². The van der Waals surface area contributed by atoms with Crippen molar-refractivity contribution >= 4 is 33.2 Å². The molecule has 0 aliphatic carbocycles. The molecule has 3 rings (SSSR count). The number of nitrogens with zero attached hydrogens (tertiary/aromatic N) is 2. The Kier molecular flexibility index (Phi) is 2.73. The average molecular weight is 281 g/mol. The summed E-state index contributed by atoms with van der Waals surface area (Å²) in [6.07, 6.45) is 1.49. The van der Waals surface area contributed by atoms with Gasteiger partial charge in [-0.25, -0.2) is 9.78 Å². The molecule has 18 heavy (non-hydrogen) atoms. The Balaban J connectivity index is 1.97. The van der Waals surface area contributed by atoms with Crippen LogP contribution in [-0.4, -0.2) is 9.97 Å². The Bertz CT molecular complexity index is 768. The SMILES string of the molecule is O=c1oc2cc(Oc3ccnc(Cl)n3)ccc2s1. The van der Waals surface area contributed by atoms with E-state index in [0.717, 1.165) is 16.0 Å². The zero-order chi connectivity index (χ0) is 12.5. The summed E-state index contributed by atoms with van der Waals surface area (Å²) < 4.78 is 11.2. The zero-order valence-corrected chi connectivity index (χ0v) is 10.4. The predicted octanol–water partition coefficient (Wildman–Crippen LogP) is 3.09. The molecule has 0 N–H and O–H groups in total. The highest BCUT2D eigenvalue weighted by Gasteiger charge is 2.05. The van der Waals surface area contributed by atoms with Gasteiger partial charge >= 0.3 is 4.94 Å². The van der Waals surface area contributed by atoms with Gasteiger partial charge in [0.05, 0.1) is 4.70 Å². The lowest BCUT2D eigenvalue weighted by Crippen LogP contribution is -1.89. The first-order valence-electron chi connectivity index (χ1n) is 4.91. The second-order valence-corrected chi connectivity index (χ2v) is 4.64. The number of halogens is 1.